The highest BCUT2D eigenvalue weighted by Gasteiger charge is 2.26. The van der Waals surface area contributed by atoms with Crippen LogP contribution in [0.3, 0.4) is 0 Å². The molecule has 0 heterocycles. The summed E-state index contributed by atoms with van der Waals surface area (Å²) in [6.45, 7) is 0. The molecule has 0 aliphatic heterocycles. The number of nitrogens with zero attached hydrogens (tertiary/aromatic N) is 2. The van der Waals surface area contributed by atoms with Gasteiger partial charge in [-0.1, -0.05) is 60.7 Å². The quantitative estimate of drug-likeness (QED) is 0.0863. The fourth-order valence-corrected chi connectivity index (χ4v) is 3.26. The average Bonchev–Trinajstić information content (AvgIpc) is 2.96. The number of hydrogen-bond donors (Lipinski definition) is 2. The van der Waals surface area contributed by atoms with Crippen LogP contribution in [0.25, 0.3) is 11.1 Å². The molecule has 4 nitrogen and oxygen atoms in total. The van der Waals surface area contributed by atoms with Crippen LogP contribution in [0.15, 0.2) is 65.1 Å². The summed E-state index contributed by atoms with van der Waals surface area (Å²) in [6, 6.07) is 17.9. The lowest BCUT2D eigenvalue weighted by atomic mass is 9.81. The van der Waals surface area contributed by atoms with Crippen molar-refractivity contribution in [3.63, 3.8) is 0 Å². The van der Waals surface area contributed by atoms with Gasteiger partial charge in [-0.05, 0) is 27.0 Å². The Balaban J connectivity index is 0.000000322. The molecule has 4 aromatic carbocycles. The van der Waals surface area contributed by atoms with Gasteiger partial charge in [-0.3, -0.25) is 0 Å². The smallest absolute Gasteiger partial charge is 0.423 e. The Morgan fingerprint density at radius 1 is 0.561 bits per heavy atom. The molecule has 0 aromatic heterocycles. The Bertz CT molecular complexity index is 1540. The van der Waals surface area contributed by atoms with Crippen molar-refractivity contribution in [2.45, 2.75) is 0 Å². The Morgan fingerprint density at radius 3 is 1.22 bits per heavy atom. The van der Waals surface area contributed by atoms with Crippen molar-refractivity contribution in [1.29, 1.82) is 10.5 Å². The summed E-state index contributed by atoms with van der Waals surface area (Å²) in [4.78, 5) is 0. The second kappa shape index (κ2) is 15.5. The van der Waals surface area contributed by atoms with Crippen LogP contribution in [-0.4, -0.2) is 17.2 Å². The third-order valence-electron chi connectivity index (χ3n) is 4.86. The van der Waals surface area contributed by atoms with Gasteiger partial charge in [0.1, 0.15) is 23.3 Å². The van der Waals surface area contributed by atoms with Crippen molar-refractivity contribution >= 4 is 28.5 Å². The molecule has 0 saturated carbocycles. The molecule has 4 aromatic rings. The molecular weight excluding hydrogens is 627 g/mol. The van der Waals surface area contributed by atoms with Crippen LogP contribution in [0.4, 0.5) is 35.1 Å². The first-order valence-electron chi connectivity index (χ1n) is 10.5. The predicted molar refractivity (Wildman–Crippen MR) is 138 cm³/mol. The van der Waals surface area contributed by atoms with Crippen LogP contribution >= 0.6 is 15.9 Å². The minimum Gasteiger partial charge on any atom is -0.423 e. The normalized spacial score (nSPS) is 9.59. The van der Waals surface area contributed by atoms with Crippen molar-refractivity contribution in [2.75, 3.05) is 0 Å². The van der Waals surface area contributed by atoms with Crippen LogP contribution in [0.2, 0.25) is 0 Å². The molecule has 0 atom stereocenters. The van der Waals surface area contributed by atoms with Crippen molar-refractivity contribution < 1.29 is 45.2 Å². The van der Waals surface area contributed by atoms with Gasteiger partial charge in [-0.25, -0.2) is 35.1 Å². The molecule has 14 heteroatoms. The molecule has 0 saturated heterocycles. The zero-order chi connectivity index (χ0) is 30.1. The lowest BCUT2D eigenvalue weighted by Gasteiger charge is -2.08. The van der Waals surface area contributed by atoms with E-state index < -0.39 is 74.8 Å². The maximum absolute atomic E-state index is 13.6. The Morgan fingerprint density at radius 2 is 0.902 bits per heavy atom. The molecule has 0 aliphatic carbocycles. The minimum atomic E-state index is -1.70. The third-order valence-corrected chi connectivity index (χ3v) is 5.55. The molecule has 0 unspecified atom stereocenters. The van der Waals surface area contributed by atoms with Crippen LogP contribution in [0.5, 0.6) is 0 Å². The van der Waals surface area contributed by atoms with Crippen LogP contribution in [0.1, 0.15) is 11.1 Å². The summed E-state index contributed by atoms with van der Waals surface area (Å²) in [5.74, 6) is -13.1. The summed E-state index contributed by atoms with van der Waals surface area (Å²) in [7, 11) is -1.34. The highest BCUT2D eigenvalue weighted by molar-refractivity contribution is 9.10. The fourth-order valence-electron chi connectivity index (χ4n) is 2.92. The lowest BCUT2D eigenvalue weighted by Crippen LogP contribution is -2.29. The number of hydrogen-bond acceptors (Lipinski definition) is 4. The lowest BCUT2D eigenvalue weighted by molar-refractivity contribution is 0.426. The largest absolute Gasteiger partial charge is 0.488 e. The van der Waals surface area contributed by atoms with E-state index in [-0.39, 0.29) is 13.0 Å². The van der Waals surface area contributed by atoms with Gasteiger partial charge in [0, 0.05) is 0 Å². The summed E-state index contributed by atoms with van der Waals surface area (Å²) in [5, 5.41) is 33.8. The van der Waals surface area contributed by atoms with Gasteiger partial charge in [0.25, 0.3) is 0 Å². The molecule has 0 spiro atoms. The van der Waals surface area contributed by atoms with Gasteiger partial charge in [0.15, 0.2) is 46.5 Å². The molecule has 0 aliphatic rings. The van der Waals surface area contributed by atoms with E-state index in [0.717, 1.165) is 12.1 Å². The van der Waals surface area contributed by atoms with E-state index in [1.54, 1.807) is 30.3 Å². The van der Waals surface area contributed by atoms with E-state index in [4.69, 9.17) is 20.6 Å². The van der Waals surface area contributed by atoms with Gasteiger partial charge in [0.05, 0.1) is 10.0 Å². The van der Waals surface area contributed by atoms with Crippen molar-refractivity contribution in [2.24, 2.45) is 0 Å². The second-order valence-electron chi connectivity index (χ2n) is 7.32. The summed E-state index contributed by atoms with van der Waals surface area (Å²) in [5.41, 5.74) is -2.82. The zero-order valence-corrected chi connectivity index (χ0v) is 22.1. The Kier molecular flexibility index (Phi) is 13.2. The standard InChI is InChI=1S/C13H5F4N.C7BrF4N.C6H7BO2.CH3/c14-10-8(6-18)11(15)13(17)9(12(10)16)7-4-2-1-3-5-7;8-3-6(11)4(9)2(1-13)5(10)7(3)12;8-7(9)6-4-2-1-3-5-6;/h1-5H;;1-5,8-9H;1H3/q;;;-1. The third kappa shape index (κ3) is 7.92. The molecule has 0 bridgehead atoms. The molecule has 4 rings (SSSR count). The number of benzene rings is 4. The van der Waals surface area contributed by atoms with E-state index in [0.29, 0.717) is 5.46 Å². The maximum atomic E-state index is 13.6. The molecule has 41 heavy (non-hydrogen) atoms. The Labute approximate surface area is 237 Å². The van der Waals surface area contributed by atoms with Gasteiger partial charge < -0.3 is 17.5 Å². The summed E-state index contributed by atoms with van der Waals surface area (Å²) >= 11 is 2.30. The first-order valence-corrected chi connectivity index (χ1v) is 11.3. The van der Waals surface area contributed by atoms with Crippen LogP contribution < -0.4 is 5.46 Å². The molecule has 212 valence electrons. The summed E-state index contributed by atoms with van der Waals surface area (Å²) in [6.07, 6.45) is 0. The number of nitriles is 2. The summed E-state index contributed by atoms with van der Waals surface area (Å²) < 4.78 is 104. The van der Waals surface area contributed by atoms with Gasteiger partial charge in [-0.15, -0.1) is 0 Å². The van der Waals surface area contributed by atoms with Crippen molar-refractivity contribution in [1.82, 2.24) is 0 Å². The predicted octanol–water partition coefficient (Wildman–Crippen LogP) is 6.48. The number of rotatable bonds is 2. The highest BCUT2D eigenvalue weighted by Crippen LogP contribution is 2.31. The molecular formula is C27H15BBrF8N2O2-. The second-order valence-corrected chi connectivity index (χ2v) is 8.12. The maximum Gasteiger partial charge on any atom is 0.488 e. The SMILES string of the molecule is N#Cc1c(F)c(F)c(-c2ccccc2)c(F)c1F.N#Cc1c(F)c(F)c(Br)c(F)c1F.OB(O)c1ccccc1.[CH3-]. The average molecular weight is 642 g/mol. The fraction of sp³-hybridized carbons (Fsp3) is 0. The minimum absolute atomic E-state index is 0. The van der Waals surface area contributed by atoms with E-state index in [9.17, 15) is 35.1 Å². The number of halogens is 9. The van der Waals surface area contributed by atoms with Crippen LogP contribution in [0, 0.1) is 76.6 Å². The van der Waals surface area contributed by atoms with E-state index in [1.165, 1.54) is 24.3 Å². The van der Waals surface area contributed by atoms with Crippen LogP contribution in [-0.2, 0) is 0 Å². The van der Waals surface area contributed by atoms with Crippen molar-refractivity contribution in [3.05, 3.63) is 130 Å². The molecule has 0 radical (unpaired) electrons. The topological polar surface area (TPSA) is 88.0 Å². The zero-order valence-electron chi connectivity index (χ0n) is 20.5. The van der Waals surface area contributed by atoms with E-state index >= 15 is 0 Å². The van der Waals surface area contributed by atoms with Gasteiger partial charge in [0.2, 0.25) is 0 Å². The monoisotopic (exact) mass is 641 g/mol. The molecule has 2 N–H and O–H groups in total. The highest BCUT2D eigenvalue weighted by atomic mass is 79.9. The van der Waals surface area contributed by atoms with E-state index in [2.05, 4.69) is 15.9 Å². The van der Waals surface area contributed by atoms with Gasteiger partial charge in [-0.2, -0.15) is 10.5 Å². The van der Waals surface area contributed by atoms with E-state index in [1.807, 2.05) is 6.07 Å². The molecule has 0 fully saturated rings. The molecule has 0 amide bonds. The van der Waals surface area contributed by atoms with Gasteiger partial charge >= 0.3 is 7.12 Å². The first-order chi connectivity index (χ1) is 18.9. The van der Waals surface area contributed by atoms with Crippen molar-refractivity contribution in [3.8, 4) is 23.3 Å². The first kappa shape index (κ1) is 34.8. The Hall–Kier alpha value is -4.24.